The van der Waals surface area contributed by atoms with Crippen molar-refractivity contribution in [2.24, 2.45) is 0 Å². The van der Waals surface area contributed by atoms with E-state index in [4.69, 9.17) is 26.2 Å². The molecule has 8 heteroatoms. The summed E-state index contributed by atoms with van der Waals surface area (Å²) in [6.45, 7) is 2.76. The van der Waals surface area contributed by atoms with Crippen molar-refractivity contribution in [2.75, 3.05) is 43.7 Å². The summed E-state index contributed by atoms with van der Waals surface area (Å²) in [5, 5.41) is 9.04. The minimum Gasteiger partial charge on any atom is -0.467 e. The van der Waals surface area contributed by atoms with Crippen molar-refractivity contribution in [3.8, 4) is 5.88 Å². The highest BCUT2D eigenvalue weighted by Gasteiger charge is 2.21. The molecule has 1 aliphatic heterocycles. The molecule has 6 nitrogen and oxygen atoms in total. The van der Waals surface area contributed by atoms with Crippen molar-refractivity contribution < 1.29 is 14.6 Å². The minimum absolute atomic E-state index is 0.135. The number of aliphatic hydroxyl groups excluding tert-OH is 1. The predicted octanol–water partition coefficient (Wildman–Crippen LogP) is 0.353. The Kier molecular flexibility index (Phi) is 4.78. The number of halogens is 1. The second-order valence-corrected chi connectivity index (χ2v) is 4.41. The number of hydrogen-bond donors (Lipinski definition) is 1. The number of ether oxygens (including phenoxy) is 2. The molecule has 1 N–H and O–H groups in total. The monoisotopic (exact) mass is 279 g/mol. The standard InChI is InChI=1S/C9H14ClN3O3S/c10-5-7(6-14)16-9-8(11-17-12-9)13-1-3-15-4-2-13/h7,14H,1-6H2/t7-/m0/s1. The molecular formula is C9H14ClN3O3S. The van der Waals surface area contributed by atoms with E-state index in [9.17, 15) is 0 Å². The number of rotatable bonds is 5. The molecule has 0 amide bonds. The normalized spacial score (nSPS) is 18.1. The van der Waals surface area contributed by atoms with Gasteiger partial charge in [0.15, 0.2) is 0 Å². The van der Waals surface area contributed by atoms with Gasteiger partial charge in [-0.3, -0.25) is 0 Å². The Morgan fingerprint density at radius 3 is 2.88 bits per heavy atom. The molecule has 96 valence electrons. The molecule has 1 aliphatic rings. The van der Waals surface area contributed by atoms with Crippen molar-refractivity contribution >= 4 is 29.1 Å². The fourth-order valence-corrected chi connectivity index (χ4v) is 2.16. The number of aromatic nitrogens is 2. The van der Waals surface area contributed by atoms with Crippen LogP contribution in [0.1, 0.15) is 0 Å². The molecule has 1 aromatic rings. The van der Waals surface area contributed by atoms with Crippen LogP contribution in [-0.2, 0) is 4.74 Å². The van der Waals surface area contributed by atoms with E-state index in [2.05, 4.69) is 13.6 Å². The quantitative estimate of drug-likeness (QED) is 0.785. The van der Waals surface area contributed by atoms with Gasteiger partial charge >= 0.3 is 0 Å². The molecule has 1 atom stereocenters. The topological polar surface area (TPSA) is 67.7 Å². The summed E-state index contributed by atoms with van der Waals surface area (Å²) in [4.78, 5) is 2.06. The van der Waals surface area contributed by atoms with Crippen LogP contribution >= 0.6 is 23.3 Å². The van der Waals surface area contributed by atoms with Gasteiger partial charge in [-0.1, -0.05) is 0 Å². The summed E-state index contributed by atoms with van der Waals surface area (Å²) in [6, 6.07) is 0. The highest BCUT2D eigenvalue weighted by Crippen LogP contribution is 2.27. The summed E-state index contributed by atoms with van der Waals surface area (Å²) in [5.74, 6) is 1.37. The molecular weight excluding hydrogens is 266 g/mol. The smallest absolute Gasteiger partial charge is 0.271 e. The van der Waals surface area contributed by atoms with Gasteiger partial charge in [-0.15, -0.1) is 16.0 Å². The molecule has 0 aliphatic carbocycles. The fraction of sp³-hybridized carbons (Fsp3) is 0.778. The Balaban J connectivity index is 2.04. The first-order valence-electron chi connectivity index (χ1n) is 5.34. The Morgan fingerprint density at radius 2 is 2.24 bits per heavy atom. The molecule has 0 bridgehead atoms. The van der Waals surface area contributed by atoms with Crippen LogP contribution < -0.4 is 9.64 Å². The van der Waals surface area contributed by atoms with Crippen LogP contribution in [0.15, 0.2) is 0 Å². The third kappa shape index (κ3) is 3.19. The van der Waals surface area contributed by atoms with Crippen LogP contribution in [0.25, 0.3) is 0 Å². The third-order valence-corrected chi connectivity index (χ3v) is 3.25. The number of alkyl halides is 1. The first kappa shape index (κ1) is 12.8. The van der Waals surface area contributed by atoms with Gasteiger partial charge in [0, 0.05) is 13.1 Å². The zero-order valence-electron chi connectivity index (χ0n) is 9.21. The third-order valence-electron chi connectivity index (χ3n) is 2.41. The van der Waals surface area contributed by atoms with E-state index in [0.717, 1.165) is 24.8 Å². The van der Waals surface area contributed by atoms with Crippen LogP contribution in [-0.4, -0.2) is 58.7 Å². The van der Waals surface area contributed by atoms with Gasteiger partial charge < -0.3 is 19.5 Å². The molecule has 0 aromatic carbocycles. The van der Waals surface area contributed by atoms with E-state index in [0.29, 0.717) is 24.9 Å². The van der Waals surface area contributed by atoms with Crippen molar-refractivity contribution in [3.05, 3.63) is 0 Å². The van der Waals surface area contributed by atoms with E-state index in [1.165, 1.54) is 0 Å². The van der Waals surface area contributed by atoms with Crippen LogP contribution in [0.2, 0.25) is 0 Å². The lowest BCUT2D eigenvalue weighted by atomic mass is 10.4. The summed E-state index contributed by atoms with van der Waals surface area (Å²) in [6.07, 6.45) is -0.444. The first-order chi connectivity index (χ1) is 8.35. The molecule has 0 radical (unpaired) electrons. The number of hydrogen-bond acceptors (Lipinski definition) is 7. The molecule has 1 fully saturated rings. The molecule has 0 saturated carbocycles. The van der Waals surface area contributed by atoms with Gasteiger partial charge in [0.25, 0.3) is 5.88 Å². The Bertz CT molecular complexity index is 342. The zero-order chi connectivity index (χ0) is 12.1. The Labute approximate surface area is 108 Å². The average Bonchev–Trinajstić information content (AvgIpc) is 2.85. The van der Waals surface area contributed by atoms with Gasteiger partial charge in [0.05, 0.1) is 37.4 Å². The SMILES string of the molecule is OC[C@H](CCl)Oc1nsnc1N1CCOCC1. The van der Waals surface area contributed by atoms with Crippen LogP contribution in [0, 0.1) is 0 Å². The maximum absolute atomic E-state index is 9.04. The summed E-state index contributed by atoms with van der Waals surface area (Å²) in [5.41, 5.74) is 0. The van der Waals surface area contributed by atoms with Gasteiger partial charge in [-0.2, -0.15) is 4.37 Å². The van der Waals surface area contributed by atoms with Gasteiger partial charge in [0.1, 0.15) is 6.10 Å². The second-order valence-electron chi connectivity index (χ2n) is 3.57. The van der Waals surface area contributed by atoms with E-state index < -0.39 is 6.10 Å². The first-order valence-corrected chi connectivity index (χ1v) is 6.60. The van der Waals surface area contributed by atoms with Crippen molar-refractivity contribution in [3.63, 3.8) is 0 Å². The molecule has 0 unspecified atom stereocenters. The fourth-order valence-electron chi connectivity index (χ4n) is 1.49. The molecule has 1 saturated heterocycles. The lowest BCUT2D eigenvalue weighted by Gasteiger charge is -2.27. The van der Waals surface area contributed by atoms with Crippen LogP contribution in [0.5, 0.6) is 5.88 Å². The van der Waals surface area contributed by atoms with E-state index >= 15 is 0 Å². The largest absolute Gasteiger partial charge is 0.467 e. The van der Waals surface area contributed by atoms with Crippen LogP contribution in [0.4, 0.5) is 5.82 Å². The summed E-state index contributed by atoms with van der Waals surface area (Å²) < 4.78 is 19.1. The highest BCUT2D eigenvalue weighted by molar-refractivity contribution is 6.99. The minimum atomic E-state index is -0.444. The van der Waals surface area contributed by atoms with Crippen molar-refractivity contribution in [2.45, 2.75) is 6.10 Å². The van der Waals surface area contributed by atoms with Gasteiger partial charge in [0.2, 0.25) is 5.82 Å². The molecule has 17 heavy (non-hydrogen) atoms. The van der Waals surface area contributed by atoms with Gasteiger partial charge in [-0.25, -0.2) is 0 Å². The van der Waals surface area contributed by atoms with E-state index in [-0.39, 0.29) is 12.5 Å². The molecule has 2 rings (SSSR count). The number of aliphatic hydroxyl groups is 1. The summed E-state index contributed by atoms with van der Waals surface area (Å²) in [7, 11) is 0. The molecule has 1 aromatic heterocycles. The van der Waals surface area contributed by atoms with E-state index in [1.54, 1.807) is 0 Å². The summed E-state index contributed by atoms with van der Waals surface area (Å²) >= 11 is 6.75. The maximum Gasteiger partial charge on any atom is 0.271 e. The number of anilines is 1. The van der Waals surface area contributed by atoms with Gasteiger partial charge in [-0.05, 0) is 0 Å². The zero-order valence-corrected chi connectivity index (χ0v) is 10.8. The van der Waals surface area contributed by atoms with Crippen molar-refractivity contribution in [1.82, 2.24) is 8.75 Å². The Morgan fingerprint density at radius 1 is 1.47 bits per heavy atom. The predicted molar refractivity (Wildman–Crippen MR) is 65.2 cm³/mol. The lowest BCUT2D eigenvalue weighted by molar-refractivity contribution is 0.118. The maximum atomic E-state index is 9.04. The molecule has 2 heterocycles. The van der Waals surface area contributed by atoms with E-state index in [1.807, 2.05) is 0 Å². The number of nitrogens with zero attached hydrogens (tertiary/aromatic N) is 3. The average molecular weight is 280 g/mol. The highest BCUT2D eigenvalue weighted by atomic mass is 35.5. The van der Waals surface area contributed by atoms with Crippen LogP contribution in [0.3, 0.4) is 0 Å². The molecule has 0 spiro atoms. The number of morpholine rings is 1. The Hall–Kier alpha value is -0.630. The second kappa shape index (κ2) is 6.34. The van der Waals surface area contributed by atoms with Crippen molar-refractivity contribution in [1.29, 1.82) is 0 Å². The lowest BCUT2D eigenvalue weighted by Crippen LogP contribution is -2.37.